The lowest BCUT2D eigenvalue weighted by atomic mass is 10.1. The Balaban J connectivity index is 2.58. The van der Waals surface area contributed by atoms with Gasteiger partial charge in [-0.25, -0.2) is 0 Å². The smallest absolute Gasteiger partial charge is 0.0504 e. The zero-order valence-corrected chi connectivity index (χ0v) is 8.07. The van der Waals surface area contributed by atoms with E-state index in [1.54, 1.807) is 6.04 Å². The summed E-state index contributed by atoms with van der Waals surface area (Å²) in [6, 6.07) is 1.56. The summed E-state index contributed by atoms with van der Waals surface area (Å²) < 4.78 is 0. The summed E-state index contributed by atoms with van der Waals surface area (Å²) in [6.07, 6.45) is 1.50. The molecule has 9 heavy (non-hydrogen) atoms. The van der Waals surface area contributed by atoms with Gasteiger partial charge in [0, 0.05) is 0 Å². The van der Waals surface area contributed by atoms with Crippen molar-refractivity contribution in [3.05, 3.63) is 0 Å². The zero-order chi connectivity index (χ0) is 7.07. The molecule has 1 heterocycles. The fourth-order valence-electron chi connectivity index (χ4n) is 2.11. The minimum absolute atomic E-state index is 0.707. The normalized spacial score (nSPS) is 41.3. The lowest BCUT2D eigenvalue weighted by Crippen LogP contribution is -2.24. The van der Waals surface area contributed by atoms with Gasteiger partial charge in [-0.2, -0.15) is 0 Å². The highest BCUT2D eigenvalue weighted by Gasteiger charge is 2.36. The van der Waals surface area contributed by atoms with E-state index in [2.05, 4.69) is 26.9 Å². The Kier molecular flexibility index (Phi) is 1.72. The molecule has 0 aliphatic carbocycles. The SMILES string of the molecule is CC1C[C@@H](C)[Si](C)(C)C1. The predicted molar refractivity (Wildman–Crippen MR) is 45.5 cm³/mol. The van der Waals surface area contributed by atoms with Crippen molar-refractivity contribution in [1.82, 2.24) is 0 Å². The molecular formula is C8H18Si. The lowest BCUT2D eigenvalue weighted by Gasteiger charge is -2.19. The van der Waals surface area contributed by atoms with Gasteiger partial charge in [0.15, 0.2) is 0 Å². The second-order valence-corrected chi connectivity index (χ2v) is 9.81. The molecule has 1 heteroatoms. The Morgan fingerprint density at radius 2 is 1.78 bits per heavy atom. The van der Waals surface area contributed by atoms with Gasteiger partial charge in [-0.1, -0.05) is 39.4 Å². The summed E-state index contributed by atoms with van der Waals surface area (Å²) in [5, 5.41) is 0. The second-order valence-electron chi connectivity index (χ2n) is 4.43. The standard InChI is InChI=1S/C8H18Si/c1-7-5-8(2)9(3,4)6-7/h7-8H,5-6H2,1-4H3/t7?,8-/m1/s1. The molecule has 0 N–H and O–H groups in total. The van der Waals surface area contributed by atoms with Crippen molar-refractivity contribution < 1.29 is 0 Å². The van der Waals surface area contributed by atoms with Gasteiger partial charge in [0.05, 0.1) is 8.07 Å². The zero-order valence-electron chi connectivity index (χ0n) is 7.07. The number of rotatable bonds is 0. The third-order valence-corrected chi connectivity index (χ3v) is 7.62. The summed E-state index contributed by atoms with van der Waals surface area (Å²) >= 11 is 0. The molecule has 0 nitrogen and oxygen atoms in total. The Hall–Kier alpha value is 0.217. The van der Waals surface area contributed by atoms with Crippen molar-refractivity contribution in [2.24, 2.45) is 5.92 Å². The molecule has 0 aromatic rings. The van der Waals surface area contributed by atoms with Gasteiger partial charge in [-0.05, 0) is 11.5 Å². The van der Waals surface area contributed by atoms with E-state index in [-0.39, 0.29) is 0 Å². The van der Waals surface area contributed by atoms with Crippen molar-refractivity contribution in [2.75, 3.05) is 0 Å². The average molecular weight is 142 g/mol. The summed E-state index contributed by atoms with van der Waals surface area (Å²) in [7, 11) is -0.707. The molecule has 0 spiro atoms. The maximum atomic E-state index is 2.53. The van der Waals surface area contributed by atoms with E-state index >= 15 is 0 Å². The first-order valence-electron chi connectivity index (χ1n) is 4.02. The van der Waals surface area contributed by atoms with Gasteiger partial charge in [0.2, 0.25) is 0 Å². The quantitative estimate of drug-likeness (QED) is 0.456. The summed E-state index contributed by atoms with van der Waals surface area (Å²) in [5.41, 5.74) is 1.08. The van der Waals surface area contributed by atoms with Gasteiger partial charge < -0.3 is 0 Å². The van der Waals surface area contributed by atoms with E-state index in [1.165, 1.54) is 6.42 Å². The molecule has 1 aliphatic rings. The Morgan fingerprint density at radius 3 is 1.89 bits per heavy atom. The molecule has 1 aliphatic heterocycles. The van der Waals surface area contributed by atoms with Crippen molar-refractivity contribution in [2.45, 2.75) is 44.9 Å². The predicted octanol–water partition coefficient (Wildman–Crippen LogP) is 3.12. The van der Waals surface area contributed by atoms with Crippen LogP contribution in [0.5, 0.6) is 0 Å². The molecule has 0 saturated carbocycles. The van der Waals surface area contributed by atoms with Crippen molar-refractivity contribution in [3.63, 3.8) is 0 Å². The topological polar surface area (TPSA) is 0 Å². The van der Waals surface area contributed by atoms with Crippen molar-refractivity contribution in [3.8, 4) is 0 Å². The van der Waals surface area contributed by atoms with Crippen LogP contribution in [0.15, 0.2) is 0 Å². The maximum Gasteiger partial charge on any atom is 0.0504 e. The van der Waals surface area contributed by atoms with E-state index in [1.807, 2.05) is 0 Å². The molecule has 0 aromatic carbocycles. The molecule has 2 atom stereocenters. The Bertz CT molecular complexity index is 107. The third kappa shape index (κ3) is 1.37. The highest BCUT2D eigenvalue weighted by atomic mass is 28.3. The Labute approximate surface area is 59.7 Å². The van der Waals surface area contributed by atoms with Crippen molar-refractivity contribution in [1.29, 1.82) is 0 Å². The van der Waals surface area contributed by atoms with E-state index in [0.29, 0.717) is 0 Å². The average Bonchev–Trinajstić information content (AvgIpc) is 1.79. The Morgan fingerprint density at radius 1 is 1.22 bits per heavy atom. The van der Waals surface area contributed by atoms with E-state index < -0.39 is 8.07 Å². The minimum Gasteiger partial charge on any atom is -0.0691 e. The van der Waals surface area contributed by atoms with Crippen LogP contribution in [-0.2, 0) is 0 Å². The van der Waals surface area contributed by atoms with Crippen LogP contribution >= 0.6 is 0 Å². The highest BCUT2D eigenvalue weighted by Crippen LogP contribution is 2.42. The van der Waals surface area contributed by atoms with Crippen molar-refractivity contribution >= 4 is 8.07 Å². The van der Waals surface area contributed by atoms with Crippen LogP contribution < -0.4 is 0 Å². The van der Waals surface area contributed by atoms with Crippen LogP contribution in [0.1, 0.15) is 20.3 Å². The highest BCUT2D eigenvalue weighted by molar-refractivity contribution is 6.79. The van der Waals surface area contributed by atoms with Crippen LogP contribution in [0.2, 0.25) is 24.7 Å². The fourth-order valence-corrected chi connectivity index (χ4v) is 5.51. The van der Waals surface area contributed by atoms with Crippen LogP contribution in [-0.4, -0.2) is 8.07 Å². The van der Waals surface area contributed by atoms with E-state index in [4.69, 9.17) is 0 Å². The van der Waals surface area contributed by atoms with Crippen LogP contribution in [0.25, 0.3) is 0 Å². The molecule has 1 unspecified atom stereocenters. The molecule has 0 amide bonds. The van der Waals surface area contributed by atoms with Crippen LogP contribution in [0.3, 0.4) is 0 Å². The molecule has 0 aromatic heterocycles. The largest absolute Gasteiger partial charge is 0.0691 e. The number of hydrogen-bond acceptors (Lipinski definition) is 0. The maximum absolute atomic E-state index is 2.53. The summed E-state index contributed by atoms with van der Waals surface area (Å²) in [4.78, 5) is 0. The second kappa shape index (κ2) is 2.12. The molecule has 1 fully saturated rings. The number of hydrogen-bond donors (Lipinski definition) is 0. The van der Waals surface area contributed by atoms with E-state index in [9.17, 15) is 0 Å². The molecular weight excluding hydrogens is 124 g/mol. The first kappa shape index (κ1) is 7.33. The lowest BCUT2D eigenvalue weighted by molar-refractivity contribution is 0.617. The monoisotopic (exact) mass is 142 g/mol. The van der Waals surface area contributed by atoms with Crippen LogP contribution in [0.4, 0.5) is 0 Å². The first-order chi connectivity index (χ1) is 4.02. The molecule has 0 radical (unpaired) electrons. The minimum atomic E-state index is -0.707. The fraction of sp³-hybridized carbons (Fsp3) is 1.00. The summed E-state index contributed by atoms with van der Waals surface area (Å²) in [5.74, 6) is 1.03. The van der Waals surface area contributed by atoms with Gasteiger partial charge in [0.1, 0.15) is 0 Å². The third-order valence-electron chi connectivity index (χ3n) is 2.96. The van der Waals surface area contributed by atoms with E-state index in [0.717, 1.165) is 11.5 Å². The molecule has 0 bridgehead atoms. The first-order valence-corrected chi connectivity index (χ1v) is 7.31. The van der Waals surface area contributed by atoms with Gasteiger partial charge in [-0.15, -0.1) is 0 Å². The molecule has 1 saturated heterocycles. The molecule has 1 rings (SSSR count). The van der Waals surface area contributed by atoms with Crippen LogP contribution in [0, 0.1) is 5.92 Å². The van der Waals surface area contributed by atoms with Gasteiger partial charge in [-0.3, -0.25) is 0 Å². The van der Waals surface area contributed by atoms with Gasteiger partial charge >= 0.3 is 0 Å². The molecule has 54 valence electrons. The summed E-state index contributed by atoms with van der Waals surface area (Å²) in [6.45, 7) is 9.90. The van der Waals surface area contributed by atoms with Gasteiger partial charge in [0.25, 0.3) is 0 Å².